The third-order valence-electron chi connectivity index (χ3n) is 6.24. The van der Waals surface area contributed by atoms with Gasteiger partial charge in [0.1, 0.15) is 0 Å². The van der Waals surface area contributed by atoms with Gasteiger partial charge in [-0.15, -0.1) is 0 Å². The van der Waals surface area contributed by atoms with Gasteiger partial charge >= 0.3 is 0 Å². The summed E-state index contributed by atoms with van der Waals surface area (Å²) in [7, 11) is 0. The molecule has 0 saturated heterocycles. The van der Waals surface area contributed by atoms with Gasteiger partial charge in [0, 0.05) is 12.8 Å². The van der Waals surface area contributed by atoms with Crippen molar-refractivity contribution in [2.24, 2.45) is 0 Å². The van der Waals surface area contributed by atoms with Crippen molar-refractivity contribution in [3.8, 4) is 0 Å². The zero-order chi connectivity index (χ0) is 26.9. The van der Waals surface area contributed by atoms with Crippen LogP contribution >= 0.6 is 0 Å². The molecule has 0 spiro atoms. The Morgan fingerprint density at radius 1 is 0.667 bits per heavy atom. The van der Waals surface area contributed by atoms with Crippen LogP contribution in [-0.4, -0.2) is 45.2 Å². The number of aliphatic hydroxyl groups is 3. The highest BCUT2D eigenvalue weighted by atomic mass is 16.4. The topological polar surface area (TPSA) is 94.8 Å². The Balaban J connectivity index is 4.11. The number of carbonyl (C=O) groups excluding carboxylic acids is 2. The fourth-order valence-corrected chi connectivity index (χ4v) is 3.79. The summed E-state index contributed by atoms with van der Waals surface area (Å²) in [5.41, 5.74) is -2.41. The van der Waals surface area contributed by atoms with Crippen LogP contribution in [0.15, 0.2) is 48.6 Å². The van der Waals surface area contributed by atoms with Crippen molar-refractivity contribution in [2.75, 3.05) is 6.61 Å². The number of hydrogen-bond acceptors (Lipinski definition) is 5. The molecule has 36 heavy (non-hydrogen) atoms. The van der Waals surface area contributed by atoms with Crippen LogP contribution in [0, 0.1) is 0 Å². The van der Waals surface area contributed by atoms with E-state index in [1.807, 2.05) is 12.2 Å². The second kappa shape index (κ2) is 23.6. The van der Waals surface area contributed by atoms with Crippen molar-refractivity contribution < 1.29 is 24.9 Å². The molecule has 0 aromatic rings. The highest BCUT2D eigenvalue weighted by Crippen LogP contribution is 2.19. The molecular weight excluding hydrogens is 452 g/mol. The number of unbranched alkanes of at least 4 members (excludes halogenated alkanes) is 8. The Morgan fingerprint density at radius 2 is 1.14 bits per heavy atom. The average Bonchev–Trinajstić information content (AvgIpc) is 2.89. The molecule has 0 bridgehead atoms. The number of aliphatic hydroxyl groups excluding tert-OH is 2. The van der Waals surface area contributed by atoms with Gasteiger partial charge in [-0.3, -0.25) is 9.59 Å². The van der Waals surface area contributed by atoms with Crippen LogP contribution in [0.1, 0.15) is 117 Å². The summed E-state index contributed by atoms with van der Waals surface area (Å²) >= 11 is 0. The first kappa shape index (κ1) is 34.2. The Hall–Kier alpha value is -1.82. The molecule has 0 aliphatic carbocycles. The number of rotatable bonds is 24. The molecule has 5 heteroatoms. The van der Waals surface area contributed by atoms with Crippen molar-refractivity contribution in [1.29, 1.82) is 0 Å². The third-order valence-corrected chi connectivity index (χ3v) is 6.24. The van der Waals surface area contributed by atoms with E-state index in [1.54, 1.807) is 0 Å². The molecule has 0 radical (unpaired) electrons. The third kappa shape index (κ3) is 16.8. The molecule has 0 aromatic carbocycles. The second-order valence-corrected chi connectivity index (χ2v) is 9.52. The minimum atomic E-state index is -2.41. The van der Waals surface area contributed by atoms with E-state index in [1.165, 1.54) is 25.7 Å². The zero-order valence-corrected chi connectivity index (χ0v) is 22.9. The molecule has 0 rings (SSSR count). The summed E-state index contributed by atoms with van der Waals surface area (Å²) in [5, 5.41) is 30.3. The van der Waals surface area contributed by atoms with Crippen LogP contribution in [-0.2, 0) is 9.59 Å². The lowest BCUT2D eigenvalue weighted by molar-refractivity contribution is -0.165. The van der Waals surface area contributed by atoms with Crippen LogP contribution in [0.5, 0.6) is 0 Å². The minimum absolute atomic E-state index is 0.00404. The molecule has 3 N–H and O–H groups in total. The SMILES string of the molecule is CCCCC/C=C\C/C=C\C/C=C\C/C=C\CCCC(=O)C(O)(CO)C(O)C(=O)CCCCCCC. The van der Waals surface area contributed by atoms with Gasteiger partial charge in [0.2, 0.25) is 0 Å². The van der Waals surface area contributed by atoms with Crippen LogP contribution < -0.4 is 0 Å². The lowest BCUT2D eigenvalue weighted by Gasteiger charge is -2.28. The van der Waals surface area contributed by atoms with E-state index in [4.69, 9.17) is 0 Å². The lowest BCUT2D eigenvalue weighted by atomic mass is 9.86. The van der Waals surface area contributed by atoms with Gasteiger partial charge in [-0.05, 0) is 51.4 Å². The predicted octanol–water partition coefficient (Wildman–Crippen LogP) is 6.72. The maximum absolute atomic E-state index is 12.4. The molecule has 0 aliphatic rings. The van der Waals surface area contributed by atoms with E-state index < -0.39 is 29.9 Å². The van der Waals surface area contributed by atoms with Gasteiger partial charge in [0.25, 0.3) is 0 Å². The van der Waals surface area contributed by atoms with E-state index in [0.717, 1.165) is 44.9 Å². The number of carbonyl (C=O) groups is 2. The molecule has 0 saturated carbocycles. The van der Waals surface area contributed by atoms with E-state index >= 15 is 0 Å². The number of hydrogen-bond donors (Lipinski definition) is 3. The molecule has 0 aliphatic heterocycles. The van der Waals surface area contributed by atoms with Gasteiger partial charge in [-0.2, -0.15) is 0 Å². The lowest BCUT2D eigenvalue weighted by Crippen LogP contribution is -2.55. The van der Waals surface area contributed by atoms with E-state index in [-0.39, 0.29) is 12.8 Å². The highest BCUT2D eigenvalue weighted by molar-refractivity contribution is 5.96. The monoisotopic (exact) mass is 504 g/mol. The Kier molecular flexibility index (Phi) is 22.4. The van der Waals surface area contributed by atoms with Crippen molar-refractivity contribution >= 4 is 11.6 Å². The van der Waals surface area contributed by atoms with Crippen LogP contribution in [0.4, 0.5) is 0 Å². The fourth-order valence-electron chi connectivity index (χ4n) is 3.79. The first-order valence-corrected chi connectivity index (χ1v) is 14.1. The van der Waals surface area contributed by atoms with E-state index in [9.17, 15) is 24.9 Å². The molecule has 5 nitrogen and oxygen atoms in total. The minimum Gasteiger partial charge on any atom is -0.393 e. The van der Waals surface area contributed by atoms with E-state index in [0.29, 0.717) is 19.3 Å². The average molecular weight is 505 g/mol. The molecular formula is C31H52O5. The molecule has 2 atom stereocenters. The van der Waals surface area contributed by atoms with Crippen LogP contribution in [0.2, 0.25) is 0 Å². The Morgan fingerprint density at radius 3 is 1.67 bits per heavy atom. The van der Waals surface area contributed by atoms with Crippen molar-refractivity contribution in [2.45, 2.75) is 128 Å². The smallest absolute Gasteiger partial charge is 0.178 e. The van der Waals surface area contributed by atoms with Gasteiger partial charge in [0.05, 0.1) is 6.61 Å². The number of Topliss-reactive ketones (excluding diaryl/α,β-unsaturated/α-hetero) is 2. The summed E-state index contributed by atoms with van der Waals surface area (Å²) < 4.78 is 0. The standard InChI is InChI=1S/C31H52O5/c1-3-5-7-9-10-11-12-13-14-15-16-17-18-19-20-22-24-26-29(34)31(36,27-32)30(35)28(33)25-23-21-8-6-4-2/h10-11,13-14,16-17,19-20,30,32,35-36H,3-9,12,15,18,21-27H2,1-2H3/b11-10-,14-13-,17-16-,20-19-. The molecule has 0 heterocycles. The summed E-state index contributed by atoms with van der Waals surface area (Å²) in [6, 6.07) is 0. The second-order valence-electron chi connectivity index (χ2n) is 9.52. The summed E-state index contributed by atoms with van der Waals surface area (Å²) in [5.74, 6) is -1.27. The van der Waals surface area contributed by atoms with Gasteiger partial charge < -0.3 is 15.3 Å². The normalized spacial score (nSPS) is 14.9. The van der Waals surface area contributed by atoms with Gasteiger partial charge in [-0.1, -0.05) is 101 Å². The van der Waals surface area contributed by atoms with Crippen LogP contribution in [0.25, 0.3) is 0 Å². The zero-order valence-electron chi connectivity index (χ0n) is 22.9. The largest absolute Gasteiger partial charge is 0.393 e. The quantitative estimate of drug-likeness (QED) is 0.100. The Labute approximate surface area is 220 Å². The van der Waals surface area contributed by atoms with Crippen LogP contribution in [0.3, 0.4) is 0 Å². The first-order chi connectivity index (χ1) is 17.4. The van der Waals surface area contributed by atoms with Gasteiger partial charge in [-0.25, -0.2) is 0 Å². The van der Waals surface area contributed by atoms with Crippen molar-refractivity contribution in [3.63, 3.8) is 0 Å². The maximum atomic E-state index is 12.4. The van der Waals surface area contributed by atoms with Crippen molar-refractivity contribution in [3.05, 3.63) is 48.6 Å². The molecule has 206 valence electrons. The molecule has 0 aromatic heterocycles. The number of allylic oxidation sites excluding steroid dienone is 8. The molecule has 2 unspecified atom stereocenters. The summed E-state index contributed by atoms with van der Waals surface area (Å²) in [6.07, 6.45) is 28.8. The highest BCUT2D eigenvalue weighted by Gasteiger charge is 2.45. The summed E-state index contributed by atoms with van der Waals surface area (Å²) in [4.78, 5) is 24.7. The predicted molar refractivity (Wildman–Crippen MR) is 150 cm³/mol. The first-order valence-electron chi connectivity index (χ1n) is 14.1. The Bertz CT molecular complexity index is 676. The fraction of sp³-hybridized carbons (Fsp3) is 0.677. The summed E-state index contributed by atoms with van der Waals surface area (Å²) in [6.45, 7) is 3.36. The maximum Gasteiger partial charge on any atom is 0.178 e. The molecule has 0 fully saturated rings. The van der Waals surface area contributed by atoms with Gasteiger partial charge in [0.15, 0.2) is 23.3 Å². The molecule has 0 amide bonds. The van der Waals surface area contributed by atoms with Crippen molar-refractivity contribution in [1.82, 2.24) is 0 Å². The number of ketones is 2. The van der Waals surface area contributed by atoms with E-state index in [2.05, 4.69) is 50.3 Å².